The van der Waals surface area contributed by atoms with E-state index in [0.717, 1.165) is 27.8 Å². The Labute approximate surface area is 150 Å². The Morgan fingerprint density at radius 3 is 2.36 bits per heavy atom. The van der Waals surface area contributed by atoms with Crippen molar-refractivity contribution in [1.29, 1.82) is 0 Å². The minimum Gasteiger partial charge on any atom is -0.427 e. The van der Waals surface area contributed by atoms with Crippen LogP contribution >= 0.6 is 11.3 Å². The fourth-order valence-electron chi connectivity index (χ4n) is 2.29. The average molecular weight is 353 g/mol. The number of nitrogens with one attached hydrogen (secondary N) is 1. The second-order valence-corrected chi connectivity index (χ2v) is 6.58. The number of nitrogens with zero attached hydrogens (tertiary/aromatic N) is 2. The standard InChI is InChI=1S/C19H19N3O2S/c1-13(23)24-17-10-4-14(5-11-17)18-12-25-19(21-18)20-15-6-8-16(9-7-15)22(2)3/h4-12H,1-3H3,(H,20,21). The molecule has 6 heteroatoms. The van der Waals surface area contributed by atoms with E-state index in [0.29, 0.717) is 5.75 Å². The van der Waals surface area contributed by atoms with Gasteiger partial charge in [-0.2, -0.15) is 0 Å². The molecule has 0 radical (unpaired) electrons. The molecule has 3 aromatic rings. The van der Waals surface area contributed by atoms with Crippen molar-refractivity contribution >= 4 is 33.8 Å². The number of rotatable bonds is 5. The lowest BCUT2D eigenvalue weighted by molar-refractivity contribution is -0.131. The van der Waals surface area contributed by atoms with Crippen LogP contribution in [0.4, 0.5) is 16.5 Å². The van der Waals surface area contributed by atoms with Gasteiger partial charge in [0.2, 0.25) is 0 Å². The first kappa shape index (κ1) is 17.0. The summed E-state index contributed by atoms with van der Waals surface area (Å²) in [4.78, 5) is 17.6. The molecule has 0 aliphatic heterocycles. The van der Waals surface area contributed by atoms with Gasteiger partial charge in [-0.15, -0.1) is 11.3 Å². The monoisotopic (exact) mass is 353 g/mol. The fourth-order valence-corrected chi connectivity index (χ4v) is 3.03. The van der Waals surface area contributed by atoms with Gasteiger partial charge in [-0.05, 0) is 48.5 Å². The minimum absolute atomic E-state index is 0.326. The van der Waals surface area contributed by atoms with E-state index in [9.17, 15) is 4.79 Å². The smallest absolute Gasteiger partial charge is 0.308 e. The molecule has 3 rings (SSSR count). The van der Waals surface area contributed by atoms with Crippen molar-refractivity contribution in [1.82, 2.24) is 4.98 Å². The lowest BCUT2D eigenvalue weighted by Gasteiger charge is -2.12. The molecule has 0 amide bonds. The molecular formula is C19H19N3O2S. The van der Waals surface area contributed by atoms with Gasteiger partial charge < -0.3 is 15.0 Å². The topological polar surface area (TPSA) is 54.5 Å². The van der Waals surface area contributed by atoms with E-state index in [1.807, 2.05) is 43.7 Å². The van der Waals surface area contributed by atoms with Crippen LogP contribution in [0.15, 0.2) is 53.9 Å². The predicted octanol–water partition coefficient (Wildman–Crippen LogP) is 4.55. The molecular weight excluding hydrogens is 334 g/mol. The Morgan fingerprint density at radius 1 is 1.08 bits per heavy atom. The Bertz CT molecular complexity index is 855. The third kappa shape index (κ3) is 4.36. The van der Waals surface area contributed by atoms with Gasteiger partial charge in [-0.3, -0.25) is 4.79 Å². The van der Waals surface area contributed by atoms with E-state index < -0.39 is 0 Å². The Balaban J connectivity index is 1.70. The van der Waals surface area contributed by atoms with Gasteiger partial charge in [0, 0.05) is 43.3 Å². The van der Waals surface area contributed by atoms with Gasteiger partial charge in [-0.25, -0.2) is 4.98 Å². The van der Waals surface area contributed by atoms with Crippen molar-refractivity contribution in [3.8, 4) is 17.0 Å². The van der Waals surface area contributed by atoms with E-state index in [2.05, 4.69) is 27.3 Å². The number of esters is 1. The number of anilines is 3. The summed E-state index contributed by atoms with van der Waals surface area (Å²) in [5.74, 6) is 0.207. The highest BCUT2D eigenvalue weighted by Crippen LogP contribution is 2.28. The van der Waals surface area contributed by atoms with Gasteiger partial charge >= 0.3 is 5.97 Å². The second-order valence-electron chi connectivity index (χ2n) is 5.72. The third-order valence-corrected chi connectivity index (χ3v) is 4.31. The van der Waals surface area contributed by atoms with Crippen LogP contribution in [0.5, 0.6) is 5.75 Å². The third-order valence-electron chi connectivity index (χ3n) is 3.55. The lowest BCUT2D eigenvalue weighted by Crippen LogP contribution is -2.08. The molecule has 25 heavy (non-hydrogen) atoms. The molecule has 5 nitrogen and oxygen atoms in total. The summed E-state index contributed by atoms with van der Waals surface area (Å²) in [5, 5.41) is 6.14. The first-order valence-corrected chi connectivity index (χ1v) is 8.68. The summed E-state index contributed by atoms with van der Waals surface area (Å²) >= 11 is 1.55. The average Bonchev–Trinajstić information content (AvgIpc) is 3.04. The first-order valence-electron chi connectivity index (χ1n) is 7.80. The van der Waals surface area contributed by atoms with Gasteiger partial charge in [0.05, 0.1) is 5.69 Å². The zero-order valence-electron chi connectivity index (χ0n) is 14.3. The number of aromatic nitrogens is 1. The minimum atomic E-state index is -0.326. The van der Waals surface area contributed by atoms with Crippen LogP contribution in [0.2, 0.25) is 0 Å². The molecule has 0 aliphatic carbocycles. The lowest BCUT2D eigenvalue weighted by atomic mass is 10.2. The zero-order chi connectivity index (χ0) is 17.8. The summed E-state index contributed by atoms with van der Waals surface area (Å²) in [6.07, 6.45) is 0. The second kappa shape index (κ2) is 7.36. The molecule has 1 N–H and O–H groups in total. The van der Waals surface area contributed by atoms with Crippen molar-refractivity contribution in [3.05, 3.63) is 53.9 Å². The molecule has 0 aliphatic rings. The van der Waals surface area contributed by atoms with Crippen LogP contribution in [0, 0.1) is 0 Å². The molecule has 0 atom stereocenters. The van der Waals surface area contributed by atoms with Crippen molar-refractivity contribution < 1.29 is 9.53 Å². The maximum atomic E-state index is 11.0. The van der Waals surface area contributed by atoms with Crippen LogP contribution in [0.25, 0.3) is 11.3 Å². The number of carbonyl (C=O) groups excluding carboxylic acids is 1. The molecule has 2 aromatic carbocycles. The quantitative estimate of drug-likeness (QED) is 0.539. The van der Waals surface area contributed by atoms with Crippen LogP contribution < -0.4 is 15.0 Å². The summed E-state index contributed by atoms with van der Waals surface area (Å²) in [6.45, 7) is 1.39. The SMILES string of the molecule is CC(=O)Oc1ccc(-c2csc(Nc3ccc(N(C)C)cc3)n2)cc1. The number of benzene rings is 2. The Morgan fingerprint density at radius 2 is 1.76 bits per heavy atom. The highest BCUT2D eigenvalue weighted by molar-refractivity contribution is 7.14. The highest BCUT2D eigenvalue weighted by Gasteiger charge is 2.06. The number of carbonyl (C=O) groups is 1. The normalized spacial score (nSPS) is 10.4. The van der Waals surface area contributed by atoms with E-state index in [1.165, 1.54) is 6.92 Å². The number of hydrogen-bond acceptors (Lipinski definition) is 6. The van der Waals surface area contributed by atoms with Crippen LogP contribution in [0.1, 0.15) is 6.92 Å². The number of ether oxygens (including phenoxy) is 1. The molecule has 1 heterocycles. The largest absolute Gasteiger partial charge is 0.427 e. The zero-order valence-corrected chi connectivity index (χ0v) is 15.1. The van der Waals surface area contributed by atoms with Crippen LogP contribution in [-0.4, -0.2) is 25.0 Å². The van der Waals surface area contributed by atoms with E-state index in [4.69, 9.17) is 4.74 Å². The fraction of sp³-hybridized carbons (Fsp3) is 0.158. The molecule has 0 spiro atoms. The molecule has 0 saturated heterocycles. The van der Waals surface area contributed by atoms with Gasteiger partial charge in [0.25, 0.3) is 0 Å². The molecule has 0 saturated carbocycles. The predicted molar refractivity (Wildman–Crippen MR) is 103 cm³/mol. The summed E-state index contributed by atoms with van der Waals surface area (Å²) < 4.78 is 5.04. The number of hydrogen-bond donors (Lipinski definition) is 1. The first-order chi connectivity index (χ1) is 12.0. The molecule has 1 aromatic heterocycles. The van der Waals surface area contributed by atoms with E-state index >= 15 is 0 Å². The van der Waals surface area contributed by atoms with Crippen LogP contribution in [0.3, 0.4) is 0 Å². The molecule has 0 bridgehead atoms. The van der Waals surface area contributed by atoms with E-state index in [-0.39, 0.29) is 5.97 Å². The van der Waals surface area contributed by atoms with Gasteiger partial charge in [0.1, 0.15) is 5.75 Å². The van der Waals surface area contributed by atoms with Crippen molar-refractivity contribution in [2.75, 3.05) is 24.3 Å². The molecule has 0 unspecified atom stereocenters. The summed E-state index contributed by atoms with van der Waals surface area (Å²) in [6, 6.07) is 15.5. The van der Waals surface area contributed by atoms with Crippen molar-refractivity contribution in [2.24, 2.45) is 0 Å². The van der Waals surface area contributed by atoms with Gasteiger partial charge in [-0.1, -0.05) is 0 Å². The molecule has 128 valence electrons. The van der Waals surface area contributed by atoms with Gasteiger partial charge in [0.15, 0.2) is 5.13 Å². The van der Waals surface area contributed by atoms with Crippen molar-refractivity contribution in [2.45, 2.75) is 6.92 Å². The van der Waals surface area contributed by atoms with Crippen LogP contribution in [-0.2, 0) is 4.79 Å². The maximum absolute atomic E-state index is 11.0. The van der Waals surface area contributed by atoms with Crippen molar-refractivity contribution in [3.63, 3.8) is 0 Å². The Hall–Kier alpha value is -2.86. The number of thiazole rings is 1. The summed E-state index contributed by atoms with van der Waals surface area (Å²) in [5.41, 5.74) is 4.00. The molecule has 0 fully saturated rings. The van der Waals surface area contributed by atoms with E-state index in [1.54, 1.807) is 23.5 Å². The maximum Gasteiger partial charge on any atom is 0.308 e. The summed E-state index contributed by atoms with van der Waals surface area (Å²) in [7, 11) is 4.03. The Kier molecular flexibility index (Phi) is 5.00. The highest BCUT2D eigenvalue weighted by atomic mass is 32.1.